The van der Waals surface area contributed by atoms with Crippen LogP contribution in [0.1, 0.15) is 25.3 Å². The van der Waals surface area contributed by atoms with Crippen molar-refractivity contribution in [1.29, 1.82) is 0 Å². The van der Waals surface area contributed by atoms with Crippen molar-refractivity contribution < 1.29 is 12.8 Å². The van der Waals surface area contributed by atoms with Gasteiger partial charge in [0.15, 0.2) is 9.84 Å². The molecule has 1 fully saturated rings. The summed E-state index contributed by atoms with van der Waals surface area (Å²) in [7, 11) is -1.22. The normalized spacial score (nSPS) is 22.2. The summed E-state index contributed by atoms with van der Waals surface area (Å²) in [5.41, 5.74) is 7.32. The van der Waals surface area contributed by atoms with Gasteiger partial charge in [0, 0.05) is 19.1 Å². The molecule has 1 aromatic carbocycles. The molecule has 2 unspecified atom stereocenters. The molecule has 1 heterocycles. The smallest absolute Gasteiger partial charge is 0.152 e. The van der Waals surface area contributed by atoms with E-state index in [4.69, 9.17) is 5.73 Å². The average Bonchev–Trinajstić information content (AvgIpc) is 2.78. The maximum Gasteiger partial charge on any atom is 0.152 e. The molecule has 1 aliphatic rings. The predicted molar refractivity (Wildman–Crippen MR) is 83.8 cm³/mol. The van der Waals surface area contributed by atoms with E-state index in [2.05, 4.69) is 0 Å². The largest absolute Gasteiger partial charge is 0.368 e. The summed E-state index contributed by atoms with van der Waals surface area (Å²) in [5, 5.41) is 0. The molecule has 0 aliphatic carbocycles. The van der Waals surface area contributed by atoms with Gasteiger partial charge < -0.3 is 10.6 Å². The fraction of sp³-hybridized carbons (Fsp3) is 0.600. The molecule has 6 heteroatoms. The first-order valence-corrected chi connectivity index (χ1v) is 9.12. The highest BCUT2D eigenvalue weighted by Crippen LogP contribution is 2.29. The number of anilines is 1. The summed E-state index contributed by atoms with van der Waals surface area (Å²) in [5.74, 6) is -0.0419. The van der Waals surface area contributed by atoms with Crippen molar-refractivity contribution >= 4 is 15.5 Å². The Morgan fingerprint density at radius 1 is 1.48 bits per heavy atom. The van der Waals surface area contributed by atoms with Crippen LogP contribution in [0.2, 0.25) is 0 Å². The minimum Gasteiger partial charge on any atom is -0.368 e. The van der Waals surface area contributed by atoms with E-state index >= 15 is 0 Å². The lowest BCUT2D eigenvalue weighted by Gasteiger charge is -2.29. The first-order valence-electron chi connectivity index (χ1n) is 7.30. The Hall–Kier alpha value is -1.14. The number of para-hydroxylation sites is 1. The van der Waals surface area contributed by atoms with Crippen molar-refractivity contribution in [2.24, 2.45) is 5.73 Å². The second kappa shape index (κ2) is 6.32. The van der Waals surface area contributed by atoms with E-state index in [-0.39, 0.29) is 29.4 Å². The van der Waals surface area contributed by atoms with E-state index in [0.29, 0.717) is 18.5 Å². The number of sulfone groups is 1. The molecule has 0 radical (unpaired) electrons. The summed E-state index contributed by atoms with van der Waals surface area (Å²) >= 11 is 0. The Bertz CT molecular complexity index is 604. The number of nitrogens with zero attached hydrogens (tertiary/aromatic N) is 1. The van der Waals surface area contributed by atoms with Crippen LogP contribution in [0.15, 0.2) is 18.2 Å². The first-order chi connectivity index (χ1) is 9.84. The summed E-state index contributed by atoms with van der Waals surface area (Å²) in [6.07, 6.45) is 1.96. The molecule has 1 aliphatic heterocycles. The van der Waals surface area contributed by atoms with Gasteiger partial charge in [-0.3, -0.25) is 0 Å². The molecule has 2 N–H and O–H groups in total. The number of benzene rings is 1. The van der Waals surface area contributed by atoms with Crippen LogP contribution in [-0.2, 0) is 16.3 Å². The Kier molecular flexibility index (Phi) is 4.88. The van der Waals surface area contributed by atoms with E-state index < -0.39 is 9.84 Å². The fourth-order valence-electron chi connectivity index (χ4n) is 2.81. The summed E-state index contributed by atoms with van der Waals surface area (Å²) in [6.45, 7) is 2.00. The van der Waals surface area contributed by atoms with Gasteiger partial charge >= 0.3 is 0 Å². The van der Waals surface area contributed by atoms with Gasteiger partial charge in [0.05, 0.1) is 17.2 Å². The Balaban J connectivity index is 2.29. The van der Waals surface area contributed by atoms with Crippen molar-refractivity contribution in [3.63, 3.8) is 0 Å². The van der Waals surface area contributed by atoms with Crippen molar-refractivity contribution in [2.75, 3.05) is 23.5 Å². The van der Waals surface area contributed by atoms with Crippen LogP contribution in [-0.4, -0.2) is 39.1 Å². The molecule has 118 valence electrons. The molecule has 2 atom stereocenters. The average molecular weight is 314 g/mol. The lowest BCUT2D eigenvalue weighted by Crippen LogP contribution is -2.34. The van der Waals surface area contributed by atoms with Crippen LogP contribution in [0.3, 0.4) is 0 Å². The lowest BCUT2D eigenvalue weighted by molar-refractivity contribution is 0.590. The number of hydrogen-bond acceptors (Lipinski definition) is 4. The second-order valence-corrected chi connectivity index (χ2v) is 8.02. The standard InChI is InChI=1S/C15H23FN2O2S/c1-3-12(17)9-11-5-4-6-14(16)15(11)18(2)13-7-8-21(19,20)10-13/h4-6,12-13H,3,7-10,17H2,1-2H3. The monoisotopic (exact) mass is 314 g/mol. The molecule has 1 saturated heterocycles. The van der Waals surface area contributed by atoms with Gasteiger partial charge in [-0.2, -0.15) is 0 Å². The van der Waals surface area contributed by atoms with Crippen molar-refractivity contribution in [3.05, 3.63) is 29.6 Å². The number of nitrogens with two attached hydrogens (primary N) is 1. The minimum atomic E-state index is -2.99. The molecule has 0 bridgehead atoms. The highest BCUT2D eigenvalue weighted by Gasteiger charge is 2.32. The molecular weight excluding hydrogens is 291 g/mol. The third-order valence-electron chi connectivity index (χ3n) is 4.19. The zero-order valence-corrected chi connectivity index (χ0v) is 13.4. The zero-order valence-electron chi connectivity index (χ0n) is 12.5. The van der Waals surface area contributed by atoms with Crippen LogP contribution < -0.4 is 10.6 Å². The number of halogens is 1. The molecule has 0 aromatic heterocycles. The van der Waals surface area contributed by atoms with E-state index in [0.717, 1.165) is 12.0 Å². The Morgan fingerprint density at radius 3 is 2.76 bits per heavy atom. The van der Waals surface area contributed by atoms with Crippen LogP contribution >= 0.6 is 0 Å². The predicted octanol–water partition coefficient (Wildman–Crippen LogP) is 1.73. The molecule has 0 amide bonds. The zero-order chi connectivity index (χ0) is 15.6. The molecular formula is C15H23FN2O2S. The fourth-order valence-corrected chi connectivity index (χ4v) is 4.58. The van der Waals surface area contributed by atoms with Crippen LogP contribution in [0.5, 0.6) is 0 Å². The maximum atomic E-state index is 14.3. The summed E-state index contributed by atoms with van der Waals surface area (Å²) < 4.78 is 37.5. The number of rotatable bonds is 5. The third kappa shape index (κ3) is 3.74. The van der Waals surface area contributed by atoms with Crippen LogP contribution in [0, 0.1) is 5.82 Å². The first kappa shape index (κ1) is 16.2. The highest BCUT2D eigenvalue weighted by atomic mass is 32.2. The molecule has 4 nitrogen and oxygen atoms in total. The van der Waals surface area contributed by atoms with E-state index in [1.54, 1.807) is 18.0 Å². The van der Waals surface area contributed by atoms with Gasteiger partial charge in [-0.05, 0) is 30.9 Å². The third-order valence-corrected chi connectivity index (χ3v) is 5.94. The number of hydrogen-bond donors (Lipinski definition) is 1. The quantitative estimate of drug-likeness (QED) is 0.899. The van der Waals surface area contributed by atoms with Gasteiger partial charge in [-0.1, -0.05) is 19.1 Å². The molecule has 2 rings (SSSR count). The summed E-state index contributed by atoms with van der Waals surface area (Å²) in [4.78, 5) is 1.78. The molecule has 0 saturated carbocycles. The van der Waals surface area contributed by atoms with Gasteiger partial charge in [-0.15, -0.1) is 0 Å². The van der Waals surface area contributed by atoms with Gasteiger partial charge in [0.2, 0.25) is 0 Å². The van der Waals surface area contributed by atoms with Crippen molar-refractivity contribution in [3.8, 4) is 0 Å². The van der Waals surface area contributed by atoms with Crippen LogP contribution in [0.4, 0.5) is 10.1 Å². The van der Waals surface area contributed by atoms with Gasteiger partial charge in [-0.25, -0.2) is 12.8 Å². The van der Waals surface area contributed by atoms with E-state index in [9.17, 15) is 12.8 Å². The molecule has 21 heavy (non-hydrogen) atoms. The SMILES string of the molecule is CCC(N)Cc1cccc(F)c1N(C)C1CCS(=O)(=O)C1. The molecule has 0 spiro atoms. The maximum absolute atomic E-state index is 14.3. The Labute approximate surface area is 126 Å². The molecule has 1 aromatic rings. The lowest BCUT2D eigenvalue weighted by atomic mass is 10.0. The van der Waals surface area contributed by atoms with E-state index in [1.807, 2.05) is 13.0 Å². The topological polar surface area (TPSA) is 63.4 Å². The van der Waals surface area contributed by atoms with E-state index in [1.165, 1.54) is 6.07 Å². The Morgan fingerprint density at radius 2 is 2.19 bits per heavy atom. The highest BCUT2D eigenvalue weighted by molar-refractivity contribution is 7.91. The van der Waals surface area contributed by atoms with Crippen molar-refractivity contribution in [2.45, 2.75) is 38.3 Å². The van der Waals surface area contributed by atoms with Gasteiger partial charge in [0.1, 0.15) is 5.82 Å². The summed E-state index contributed by atoms with van der Waals surface area (Å²) in [6, 6.07) is 4.77. The van der Waals surface area contributed by atoms with Gasteiger partial charge in [0.25, 0.3) is 0 Å². The van der Waals surface area contributed by atoms with Crippen molar-refractivity contribution in [1.82, 2.24) is 0 Å². The minimum absolute atomic E-state index is 0.0220. The van der Waals surface area contributed by atoms with Crippen LogP contribution in [0.25, 0.3) is 0 Å². The second-order valence-electron chi connectivity index (χ2n) is 5.79.